The van der Waals surface area contributed by atoms with Crippen LogP contribution in [0, 0.1) is 0 Å². The second-order valence-electron chi connectivity index (χ2n) is 14.1. The summed E-state index contributed by atoms with van der Waals surface area (Å²) in [5.74, 6) is 0.0343. The molecule has 0 fully saturated rings. The molecule has 2 amide bonds. The van der Waals surface area contributed by atoms with Crippen LogP contribution in [0.5, 0.6) is 5.75 Å². The number of ether oxygens (including phenoxy) is 2. The van der Waals surface area contributed by atoms with Crippen LogP contribution in [0.1, 0.15) is 40.7 Å². The highest BCUT2D eigenvalue weighted by molar-refractivity contribution is 7.16. The van der Waals surface area contributed by atoms with Crippen LogP contribution >= 0.6 is 11.3 Å². The lowest BCUT2D eigenvalue weighted by atomic mass is 10.1. The third-order valence-corrected chi connectivity index (χ3v) is 10.6. The minimum Gasteiger partial charge on any atom is -0.506 e. The maximum Gasteiger partial charge on any atom is 0.305 e. The first-order valence-corrected chi connectivity index (χ1v) is 21.3. The average molecular weight is 847 g/mol. The minimum absolute atomic E-state index is 0.0442. The van der Waals surface area contributed by atoms with E-state index in [1.165, 1.54) is 16.0 Å². The highest BCUT2D eigenvalue weighted by Crippen LogP contribution is 2.27. The van der Waals surface area contributed by atoms with Crippen molar-refractivity contribution in [3.63, 3.8) is 0 Å². The van der Waals surface area contributed by atoms with Crippen molar-refractivity contribution in [3.8, 4) is 5.75 Å². The Kier molecular flexibility index (Phi) is 19.8. The topological polar surface area (TPSA) is 167 Å². The van der Waals surface area contributed by atoms with Gasteiger partial charge in [0.25, 0.3) is 0 Å². The number of benzene rings is 3. The van der Waals surface area contributed by atoms with E-state index in [1.54, 1.807) is 30.9 Å². The summed E-state index contributed by atoms with van der Waals surface area (Å²) >= 11 is 1.11. The van der Waals surface area contributed by atoms with E-state index in [9.17, 15) is 24.3 Å². The zero-order chi connectivity index (χ0) is 42.9. The van der Waals surface area contributed by atoms with Gasteiger partial charge in [0, 0.05) is 51.0 Å². The van der Waals surface area contributed by atoms with Gasteiger partial charge >= 0.3 is 4.87 Å². The molecule has 3 N–H and O–H groups in total. The van der Waals surface area contributed by atoms with Crippen molar-refractivity contribution in [1.29, 1.82) is 0 Å². The van der Waals surface area contributed by atoms with Crippen molar-refractivity contribution in [2.45, 2.75) is 45.2 Å². The Morgan fingerprint density at radius 3 is 1.80 bits per heavy atom. The number of rotatable bonds is 24. The molecule has 0 atom stereocenters. The molecule has 6 rings (SSSR count). The standard InChI is InChI=1S/C28H32N4O4S.C19H22N2O3/c33-24-9-8-23(27-26(24)31-28(35)37-27)10-14-29-15-16-32(20-22-7-4-13-30-19-22)25(34)12-18-36-17-11-21-5-2-1-3-6-21;22-12-11-21(16-18-7-4-10-20-15-18)19(23)9-14-24-13-8-17-5-2-1-3-6-17/h1-9,13,19,29,33H,10-12,14-18,20H2,(H,31,35);1-7,10,12,15H,8-9,11,13-14,16H2. The first kappa shape index (κ1) is 46.0. The van der Waals surface area contributed by atoms with Crippen LogP contribution in [0.25, 0.3) is 10.2 Å². The highest BCUT2D eigenvalue weighted by atomic mass is 32.1. The van der Waals surface area contributed by atoms with Crippen LogP contribution < -0.4 is 10.2 Å². The fourth-order valence-corrected chi connectivity index (χ4v) is 7.30. The number of aromatic nitrogens is 3. The fourth-order valence-electron chi connectivity index (χ4n) is 6.40. The van der Waals surface area contributed by atoms with Gasteiger partial charge in [-0.3, -0.25) is 24.4 Å². The number of thiazole rings is 1. The number of hydrogen-bond donors (Lipinski definition) is 3. The van der Waals surface area contributed by atoms with Gasteiger partial charge in [-0.2, -0.15) is 0 Å². The van der Waals surface area contributed by atoms with Gasteiger partial charge in [-0.15, -0.1) is 0 Å². The quantitative estimate of drug-likeness (QED) is 0.0504. The molecule has 0 aliphatic carbocycles. The Bertz CT molecular complexity index is 2240. The van der Waals surface area contributed by atoms with Crippen molar-refractivity contribution < 1.29 is 29.0 Å². The number of nitrogens with zero attached hydrogens (tertiary/aromatic N) is 4. The Morgan fingerprint density at radius 1 is 0.689 bits per heavy atom. The molecule has 3 aromatic heterocycles. The first-order valence-electron chi connectivity index (χ1n) is 20.4. The second-order valence-corrected chi connectivity index (χ2v) is 15.1. The zero-order valence-corrected chi connectivity index (χ0v) is 35.1. The molecule has 3 heterocycles. The van der Waals surface area contributed by atoms with Crippen molar-refractivity contribution in [2.24, 2.45) is 0 Å². The van der Waals surface area contributed by atoms with Crippen LogP contribution in [0.2, 0.25) is 0 Å². The number of hydrogen-bond acceptors (Lipinski definition) is 11. The number of carbonyl (C=O) groups is 3. The van der Waals surface area contributed by atoms with Crippen molar-refractivity contribution >= 4 is 39.7 Å². The van der Waals surface area contributed by atoms with Crippen molar-refractivity contribution in [2.75, 3.05) is 52.6 Å². The lowest BCUT2D eigenvalue weighted by molar-refractivity contribution is -0.134. The Labute approximate surface area is 360 Å². The molecule has 6 aromatic rings. The van der Waals surface area contributed by atoms with Crippen LogP contribution in [-0.4, -0.2) is 101 Å². The number of aldehydes is 1. The van der Waals surface area contributed by atoms with E-state index < -0.39 is 0 Å². The van der Waals surface area contributed by atoms with E-state index in [0.29, 0.717) is 77.5 Å². The largest absolute Gasteiger partial charge is 0.506 e. The van der Waals surface area contributed by atoms with Crippen molar-refractivity contribution in [1.82, 2.24) is 30.1 Å². The number of aromatic amines is 1. The molecule has 0 bridgehead atoms. The SMILES string of the molecule is O=C(CCOCCc1ccccc1)N(CCNCCc1ccc(O)c2[nH]c(=O)sc12)Cc1cccnc1.O=CCN(Cc1cccnc1)C(=O)CCOCCc1ccccc1. The summed E-state index contributed by atoms with van der Waals surface area (Å²) in [4.78, 5) is 61.8. The molecule has 0 aliphatic heterocycles. The van der Waals surface area contributed by atoms with Gasteiger partial charge in [-0.1, -0.05) is 90.2 Å². The van der Waals surface area contributed by atoms with Crippen LogP contribution in [0.4, 0.5) is 0 Å². The van der Waals surface area contributed by atoms with Gasteiger partial charge < -0.3 is 39.5 Å². The van der Waals surface area contributed by atoms with E-state index in [4.69, 9.17) is 9.47 Å². The Hall–Kier alpha value is -6.06. The molecule has 0 saturated heterocycles. The van der Waals surface area contributed by atoms with Crippen LogP contribution in [0.3, 0.4) is 0 Å². The number of fused-ring (bicyclic) bond motifs is 1. The summed E-state index contributed by atoms with van der Waals surface area (Å²) < 4.78 is 12.1. The zero-order valence-electron chi connectivity index (χ0n) is 34.3. The lowest BCUT2D eigenvalue weighted by Crippen LogP contribution is -2.37. The smallest absolute Gasteiger partial charge is 0.305 e. The third-order valence-electron chi connectivity index (χ3n) is 9.64. The molecule has 0 unspecified atom stereocenters. The summed E-state index contributed by atoms with van der Waals surface area (Å²) in [5, 5.41) is 13.4. The summed E-state index contributed by atoms with van der Waals surface area (Å²) in [5.41, 5.74) is 5.80. The molecule has 0 saturated carbocycles. The van der Waals surface area contributed by atoms with E-state index in [0.717, 1.165) is 51.9 Å². The van der Waals surface area contributed by atoms with Crippen LogP contribution in [0.15, 0.2) is 127 Å². The molecule has 13 nitrogen and oxygen atoms in total. The van der Waals surface area contributed by atoms with Crippen molar-refractivity contribution in [3.05, 3.63) is 159 Å². The summed E-state index contributed by atoms with van der Waals surface area (Å²) in [6.07, 6.45) is 10.6. The number of aromatic hydroxyl groups is 1. The molecule has 0 spiro atoms. The summed E-state index contributed by atoms with van der Waals surface area (Å²) in [7, 11) is 0. The molecule has 0 aliphatic rings. The summed E-state index contributed by atoms with van der Waals surface area (Å²) in [6.45, 7) is 4.74. The summed E-state index contributed by atoms with van der Waals surface area (Å²) in [6, 6.07) is 31.2. The van der Waals surface area contributed by atoms with Gasteiger partial charge in [-0.25, -0.2) is 0 Å². The van der Waals surface area contributed by atoms with E-state index in [-0.39, 0.29) is 35.4 Å². The highest BCUT2D eigenvalue weighted by Gasteiger charge is 2.16. The number of amides is 2. The predicted octanol–water partition coefficient (Wildman–Crippen LogP) is 5.76. The van der Waals surface area contributed by atoms with E-state index in [2.05, 4.69) is 32.4 Å². The molecular weight excluding hydrogens is 793 g/mol. The molecule has 320 valence electrons. The van der Waals surface area contributed by atoms with E-state index in [1.807, 2.05) is 83.8 Å². The predicted molar refractivity (Wildman–Crippen MR) is 237 cm³/mol. The normalized spacial score (nSPS) is 10.8. The maximum atomic E-state index is 13.0. The molecular formula is C47H54N6O7S. The van der Waals surface area contributed by atoms with Gasteiger partial charge in [0.2, 0.25) is 11.8 Å². The lowest BCUT2D eigenvalue weighted by Gasteiger charge is -2.23. The van der Waals surface area contributed by atoms with Crippen LogP contribution in [-0.2, 0) is 56.2 Å². The number of pyridine rings is 2. The third kappa shape index (κ3) is 16.5. The monoisotopic (exact) mass is 846 g/mol. The Morgan fingerprint density at radius 2 is 1.25 bits per heavy atom. The number of phenolic OH excluding ortho intramolecular Hbond substituents is 1. The fraction of sp³-hybridized carbons (Fsp3) is 0.319. The van der Waals surface area contributed by atoms with Gasteiger partial charge in [0.15, 0.2) is 0 Å². The first-order chi connectivity index (χ1) is 29.9. The minimum atomic E-state index is -0.181. The molecule has 14 heteroatoms. The van der Waals surface area contributed by atoms with Gasteiger partial charge in [0.1, 0.15) is 17.6 Å². The maximum absolute atomic E-state index is 13.0. The van der Waals surface area contributed by atoms with Gasteiger partial charge in [-0.05, 0) is 71.8 Å². The van der Waals surface area contributed by atoms with Gasteiger partial charge in [0.05, 0.1) is 50.5 Å². The number of nitrogens with one attached hydrogen (secondary N) is 2. The average Bonchev–Trinajstić information content (AvgIpc) is 3.70. The van der Waals surface area contributed by atoms with E-state index >= 15 is 0 Å². The number of H-pyrrole nitrogens is 1. The molecule has 3 aromatic carbocycles. The second kappa shape index (κ2) is 26.2. The molecule has 0 radical (unpaired) electrons. The number of phenols is 1. The molecule has 61 heavy (non-hydrogen) atoms. The Balaban J connectivity index is 0.000000254. The number of carbonyl (C=O) groups excluding carboxylic acids is 3.